The molecule has 0 fully saturated rings. The lowest BCUT2D eigenvalue weighted by molar-refractivity contribution is 0.436. The first kappa shape index (κ1) is 12.2. The second-order valence-corrected chi connectivity index (χ2v) is 5.26. The van der Waals surface area contributed by atoms with E-state index in [-0.39, 0.29) is 0 Å². The molecule has 0 saturated heterocycles. The molecular weight excluding hydrogens is 353 g/mol. The molecular formula is C14H10IN3O. The third-order valence-corrected chi connectivity index (χ3v) is 3.45. The zero-order valence-electron chi connectivity index (χ0n) is 9.88. The largest absolute Gasteiger partial charge is 0.380 e. The first-order valence-electron chi connectivity index (χ1n) is 5.67. The Hall–Kier alpha value is -1.89. The average molecular weight is 363 g/mol. The molecule has 0 radical (unpaired) electrons. The summed E-state index contributed by atoms with van der Waals surface area (Å²) in [5.41, 5.74) is 8.64. The maximum absolute atomic E-state index is 5.92. The Morgan fingerprint density at radius 2 is 1.84 bits per heavy atom. The van der Waals surface area contributed by atoms with Gasteiger partial charge >= 0.3 is 0 Å². The fourth-order valence-corrected chi connectivity index (χ4v) is 2.47. The van der Waals surface area contributed by atoms with Crippen LogP contribution in [0.3, 0.4) is 0 Å². The van der Waals surface area contributed by atoms with Crippen LogP contribution in [0.1, 0.15) is 0 Å². The number of aromatic nitrogens is 2. The molecule has 3 aromatic rings. The van der Waals surface area contributed by atoms with Crippen molar-refractivity contribution in [3.05, 3.63) is 52.4 Å². The van der Waals surface area contributed by atoms with Crippen molar-refractivity contribution in [1.29, 1.82) is 0 Å². The minimum absolute atomic E-state index is 0.389. The molecule has 0 atom stereocenters. The molecule has 2 N–H and O–H groups in total. The minimum atomic E-state index is 0.389. The maximum atomic E-state index is 5.92. The Morgan fingerprint density at radius 1 is 1.05 bits per heavy atom. The molecule has 94 valence electrons. The van der Waals surface area contributed by atoms with Gasteiger partial charge in [-0.25, -0.2) is 0 Å². The van der Waals surface area contributed by atoms with Crippen LogP contribution in [0.25, 0.3) is 22.5 Å². The Morgan fingerprint density at radius 3 is 2.58 bits per heavy atom. The summed E-state index contributed by atoms with van der Waals surface area (Å²) in [6, 6.07) is 11.8. The summed E-state index contributed by atoms with van der Waals surface area (Å²) in [7, 11) is 0. The summed E-state index contributed by atoms with van der Waals surface area (Å²) >= 11 is 2.26. The lowest BCUT2D eigenvalue weighted by Crippen LogP contribution is -1.89. The van der Waals surface area contributed by atoms with E-state index in [4.69, 9.17) is 10.3 Å². The van der Waals surface area contributed by atoms with Crippen molar-refractivity contribution < 1.29 is 4.52 Å². The van der Waals surface area contributed by atoms with E-state index in [0.717, 1.165) is 20.3 Å². The van der Waals surface area contributed by atoms with Crippen LogP contribution in [-0.2, 0) is 0 Å². The van der Waals surface area contributed by atoms with E-state index >= 15 is 0 Å². The third-order valence-electron chi connectivity index (χ3n) is 2.77. The average Bonchev–Trinajstić information content (AvgIpc) is 2.82. The smallest absolute Gasteiger partial charge is 0.176 e. The number of hydrogen-bond donors (Lipinski definition) is 1. The van der Waals surface area contributed by atoms with Gasteiger partial charge in [0, 0.05) is 21.5 Å². The van der Waals surface area contributed by atoms with Crippen LogP contribution in [-0.4, -0.2) is 10.1 Å². The fraction of sp³-hybridized carbons (Fsp3) is 0. The molecule has 2 heterocycles. The van der Waals surface area contributed by atoms with Crippen LogP contribution in [0.5, 0.6) is 0 Å². The number of benzene rings is 1. The van der Waals surface area contributed by atoms with Crippen LogP contribution in [0.4, 0.5) is 5.82 Å². The van der Waals surface area contributed by atoms with Crippen molar-refractivity contribution in [3.63, 3.8) is 0 Å². The SMILES string of the molecule is Nc1noc(-c2cccc(I)c2)c1-c1ccncc1. The number of nitrogens with two attached hydrogens (primary N) is 1. The predicted molar refractivity (Wildman–Crippen MR) is 82.3 cm³/mol. The lowest BCUT2D eigenvalue weighted by Gasteiger charge is -2.02. The lowest BCUT2D eigenvalue weighted by atomic mass is 10.0. The van der Waals surface area contributed by atoms with E-state index < -0.39 is 0 Å². The van der Waals surface area contributed by atoms with Crippen molar-refractivity contribution in [3.8, 4) is 22.5 Å². The Labute approximate surface area is 123 Å². The molecule has 4 nitrogen and oxygen atoms in total. The van der Waals surface area contributed by atoms with Gasteiger partial charge in [-0.15, -0.1) is 0 Å². The summed E-state index contributed by atoms with van der Waals surface area (Å²) in [6.45, 7) is 0. The van der Waals surface area contributed by atoms with E-state index in [0.29, 0.717) is 11.6 Å². The van der Waals surface area contributed by atoms with Crippen molar-refractivity contribution in [1.82, 2.24) is 10.1 Å². The summed E-state index contributed by atoms with van der Waals surface area (Å²) in [5, 5.41) is 3.88. The van der Waals surface area contributed by atoms with Gasteiger partial charge in [-0.2, -0.15) is 0 Å². The van der Waals surface area contributed by atoms with Gasteiger partial charge in [0.1, 0.15) is 0 Å². The van der Waals surface area contributed by atoms with Crippen LogP contribution in [0.15, 0.2) is 53.3 Å². The Kier molecular flexibility index (Phi) is 3.20. The topological polar surface area (TPSA) is 64.9 Å². The van der Waals surface area contributed by atoms with Crippen molar-refractivity contribution in [2.24, 2.45) is 0 Å². The molecule has 2 aromatic heterocycles. The van der Waals surface area contributed by atoms with Gasteiger partial charge in [-0.05, 0) is 52.4 Å². The minimum Gasteiger partial charge on any atom is -0.380 e. The monoisotopic (exact) mass is 363 g/mol. The Balaban J connectivity index is 2.19. The van der Waals surface area contributed by atoms with Crippen LogP contribution in [0, 0.1) is 3.57 Å². The second-order valence-electron chi connectivity index (χ2n) is 4.02. The molecule has 3 rings (SSSR count). The highest BCUT2D eigenvalue weighted by Gasteiger charge is 2.17. The van der Waals surface area contributed by atoms with E-state index in [2.05, 4.69) is 32.7 Å². The van der Waals surface area contributed by atoms with E-state index in [9.17, 15) is 0 Å². The number of nitrogens with zero attached hydrogens (tertiary/aromatic N) is 2. The van der Waals surface area contributed by atoms with Gasteiger partial charge in [-0.1, -0.05) is 17.3 Å². The Bertz CT molecular complexity index is 710. The molecule has 0 aliphatic rings. The summed E-state index contributed by atoms with van der Waals surface area (Å²) in [4.78, 5) is 4.01. The highest BCUT2D eigenvalue weighted by atomic mass is 127. The quantitative estimate of drug-likeness (QED) is 0.707. The normalized spacial score (nSPS) is 10.6. The van der Waals surface area contributed by atoms with Crippen LogP contribution < -0.4 is 5.73 Å². The molecule has 19 heavy (non-hydrogen) atoms. The molecule has 0 amide bonds. The first-order valence-corrected chi connectivity index (χ1v) is 6.75. The number of halogens is 1. The highest BCUT2D eigenvalue weighted by molar-refractivity contribution is 14.1. The van der Waals surface area contributed by atoms with Crippen LogP contribution in [0.2, 0.25) is 0 Å². The molecule has 0 spiro atoms. The van der Waals surface area contributed by atoms with Crippen molar-refractivity contribution >= 4 is 28.4 Å². The summed E-state index contributed by atoms with van der Waals surface area (Å²) < 4.78 is 6.52. The third kappa shape index (κ3) is 2.33. The number of pyridine rings is 1. The number of hydrogen-bond acceptors (Lipinski definition) is 4. The summed E-state index contributed by atoms with van der Waals surface area (Å²) in [6.07, 6.45) is 3.45. The highest BCUT2D eigenvalue weighted by Crippen LogP contribution is 2.36. The van der Waals surface area contributed by atoms with Gasteiger partial charge in [0.15, 0.2) is 11.6 Å². The van der Waals surface area contributed by atoms with Gasteiger partial charge in [0.2, 0.25) is 0 Å². The first-order chi connectivity index (χ1) is 9.25. The van der Waals surface area contributed by atoms with Crippen molar-refractivity contribution in [2.45, 2.75) is 0 Å². The number of rotatable bonds is 2. The van der Waals surface area contributed by atoms with Gasteiger partial charge < -0.3 is 10.3 Å². The number of nitrogen functional groups attached to an aromatic ring is 1. The molecule has 0 aliphatic carbocycles. The zero-order chi connectivity index (χ0) is 13.2. The van der Waals surface area contributed by atoms with Crippen LogP contribution >= 0.6 is 22.6 Å². The van der Waals surface area contributed by atoms with Gasteiger partial charge in [0.25, 0.3) is 0 Å². The van der Waals surface area contributed by atoms with E-state index in [1.807, 2.05) is 36.4 Å². The standard InChI is InChI=1S/C14H10IN3O/c15-11-3-1-2-10(8-11)13-12(14(16)18-19-13)9-4-6-17-7-5-9/h1-8H,(H2,16,18). The zero-order valence-corrected chi connectivity index (χ0v) is 12.0. The van der Waals surface area contributed by atoms with Crippen molar-refractivity contribution in [2.75, 3.05) is 5.73 Å². The molecule has 5 heteroatoms. The predicted octanol–water partition coefficient (Wildman–Crippen LogP) is 3.59. The molecule has 0 unspecified atom stereocenters. The van der Waals surface area contributed by atoms with E-state index in [1.54, 1.807) is 12.4 Å². The van der Waals surface area contributed by atoms with Gasteiger partial charge in [-0.3, -0.25) is 4.98 Å². The van der Waals surface area contributed by atoms with E-state index in [1.165, 1.54) is 0 Å². The summed E-state index contributed by atoms with van der Waals surface area (Å²) in [5.74, 6) is 1.07. The van der Waals surface area contributed by atoms with Gasteiger partial charge in [0.05, 0.1) is 5.56 Å². The molecule has 0 bridgehead atoms. The second kappa shape index (κ2) is 5.00. The number of anilines is 1. The maximum Gasteiger partial charge on any atom is 0.176 e. The molecule has 1 aromatic carbocycles. The molecule has 0 saturated carbocycles. The fourth-order valence-electron chi connectivity index (χ4n) is 1.93. The molecule has 0 aliphatic heterocycles.